The predicted octanol–water partition coefficient (Wildman–Crippen LogP) is 3.63. The van der Waals surface area contributed by atoms with Gasteiger partial charge in [0.15, 0.2) is 0 Å². The van der Waals surface area contributed by atoms with Crippen molar-refractivity contribution in [1.82, 2.24) is 0 Å². The van der Waals surface area contributed by atoms with Crippen molar-refractivity contribution in [2.45, 2.75) is 32.3 Å². The van der Waals surface area contributed by atoms with Crippen molar-refractivity contribution >= 4 is 17.3 Å². The molecule has 1 atom stereocenters. The molecule has 94 valence electrons. The summed E-state index contributed by atoms with van der Waals surface area (Å²) in [5.41, 5.74) is 1.93. The number of rotatable bonds is 4. The van der Waals surface area contributed by atoms with Crippen molar-refractivity contribution in [3.63, 3.8) is 0 Å². The lowest BCUT2D eigenvalue weighted by atomic mass is 9.85. The minimum absolute atomic E-state index is 0.460. The Morgan fingerprint density at radius 3 is 2.65 bits per heavy atom. The van der Waals surface area contributed by atoms with Crippen LogP contribution in [0.5, 0.6) is 0 Å². The molecule has 0 amide bonds. The quantitative estimate of drug-likeness (QED) is 0.886. The van der Waals surface area contributed by atoms with Crippen molar-refractivity contribution in [2.24, 2.45) is 5.92 Å². The van der Waals surface area contributed by atoms with Gasteiger partial charge in [-0.05, 0) is 43.4 Å². The molecular weight excluding hydrogens is 234 g/mol. The van der Waals surface area contributed by atoms with Gasteiger partial charge in [-0.15, -0.1) is 0 Å². The van der Waals surface area contributed by atoms with E-state index in [1.165, 1.54) is 19.3 Å². The minimum atomic E-state index is -0.460. The van der Waals surface area contributed by atoms with Gasteiger partial charge < -0.3 is 10.0 Å². The van der Waals surface area contributed by atoms with Crippen LogP contribution in [-0.4, -0.2) is 18.7 Å². The van der Waals surface area contributed by atoms with Gasteiger partial charge in [0.2, 0.25) is 0 Å². The number of nitrogens with zero attached hydrogens (tertiary/aromatic N) is 1. The zero-order valence-electron chi connectivity index (χ0n) is 10.5. The SMILES string of the molecule is C[C@@H](O)c1ccc(N(C)CC2CCC2)c(Cl)c1. The van der Waals surface area contributed by atoms with Crippen LogP contribution in [0.4, 0.5) is 5.69 Å². The normalized spacial score (nSPS) is 17.6. The van der Waals surface area contributed by atoms with Crippen LogP contribution in [0, 0.1) is 5.92 Å². The summed E-state index contributed by atoms with van der Waals surface area (Å²) in [5, 5.41) is 10.2. The fourth-order valence-electron chi connectivity index (χ4n) is 2.25. The lowest BCUT2D eigenvalue weighted by molar-refractivity contribution is 0.199. The first-order chi connectivity index (χ1) is 8.08. The van der Waals surface area contributed by atoms with Crippen LogP contribution in [0.25, 0.3) is 0 Å². The first-order valence-corrected chi connectivity index (χ1v) is 6.64. The van der Waals surface area contributed by atoms with Crippen LogP contribution in [-0.2, 0) is 0 Å². The second-order valence-electron chi connectivity index (χ2n) is 5.06. The molecule has 1 aromatic carbocycles. The molecule has 2 nitrogen and oxygen atoms in total. The highest BCUT2D eigenvalue weighted by molar-refractivity contribution is 6.33. The Morgan fingerprint density at radius 2 is 2.18 bits per heavy atom. The Kier molecular flexibility index (Phi) is 3.95. The van der Waals surface area contributed by atoms with Crippen molar-refractivity contribution in [2.75, 3.05) is 18.5 Å². The molecule has 0 spiro atoms. The van der Waals surface area contributed by atoms with Crippen LogP contribution in [0.3, 0.4) is 0 Å². The highest BCUT2D eigenvalue weighted by Crippen LogP contribution is 2.32. The maximum Gasteiger partial charge on any atom is 0.0762 e. The summed E-state index contributed by atoms with van der Waals surface area (Å²) < 4.78 is 0. The maximum atomic E-state index is 9.50. The van der Waals surface area contributed by atoms with E-state index < -0.39 is 6.10 Å². The van der Waals surface area contributed by atoms with Gasteiger partial charge >= 0.3 is 0 Å². The molecule has 1 aliphatic rings. The minimum Gasteiger partial charge on any atom is -0.389 e. The Hall–Kier alpha value is -0.730. The molecule has 0 aliphatic heterocycles. The molecule has 0 aromatic heterocycles. The largest absolute Gasteiger partial charge is 0.389 e. The molecule has 0 bridgehead atoms. The van der Waals surface area contributed by atoms with Gasteiger partial charge in [0.05, 0.1) is 16.8 Å². The number of aliphatic hydroxyl groups is 1. The second kappa shape index (κ2) is 5.28. The lowest BCUT2D eigenvalue weighted by Gasteiger charge is -2.31. The van der Waals surface area contributed by atoms with E-state index in [-0.39, 0.29) is 0 Å². The summed E-state index contributed by atoms with van der Waals surface area (Å²) >= 11 is 6.26. The van der Waals surface area contributed by atoms with Crippen LogP contribution < -0.4 is 4.90 Å². The molecule has 2 rings (SSSR count). The number of halogens is 1. The number of anilines is 1. The highest BCUT2D eigenvalue weighted by Gasteiger charge is 2.20. The van der Waals surface area contributed by atoms with Gasteiger partial charge in [0.1, 0.15) is 0 Å². The summed E-state index contributed by atoms with van der Waals surface area (Å²) in [6.45, 7) is 2.83. The van der Waals surface area contributed by atoms with Crippen molar-refractivity contribution in [3.05, 3.63) is 28.8 Å². The Labute approximate surface area is 108 Å². The molecule has 0 saturated heterocycles. The fraction of sp³-hybridized carbons (Fsp3) is 0.571. The standard InChI is InChI=1S/C14H20ClNO/c1-10(17)12-6-7-14(13(15)8-12)16(2)9-11-4-3-5-11/h6-8,10-11,17H,3-5,9H2,1-2H3/t10-/m1/s1. The van der Waals surface area contributed by atoms with Crippen LogP contribution in [0.1, 0.15) is 37.9 Å². The third-order valence-electron chi connectivity index (χ3n) is 3.62. The summed E-state index contributed by atoms with van der Waals surface area (Å²) in [6.07, 6.45) is 3.59. The highest BCUT2D eigenvalue weighted by atomic mass is 35.5. The first-order valence-electron chi connectivity index (χ1n) is 6.26. The predicted molar refractivity (Wildman–Crippen MR) is 72.7 cm³/mol. The second-order valence-corrected chi connectivity index (χ2v) is 5.47. The molecule has 1 aliphatic carbocycles. The number of benzene rings is 1. The monoisotopic (exact) mass is 253 g/mol. The van der Waals surface area contributed by atoms with E-state index >= 15 is 0 Å². The van der Waals surface area contributed by atoms with E-state index in [0.29, 0.717) is 0 Å². The third kappa shape index (κ3) is 2.93. The molecule has 3 heteroatoms. The summed E-state index contributed by atoms with van der Waals surface area (Å²) in [6, 6.07) is 5.81. The zero-order chi connectivity index (χ0) is 12.4. The van der Waals surface area contributed by atoms with Gasteiger partial charge in [0, 0.05) is 13.6 Å². The van der Waals surface area contributed by atoms with Crippen LogP contribution >= 0.6 is 11.6 Å². The number of hydrogen-bond acceptors (Lipinski definition) is 2. The summed E-state index contributed by atoms with van der Waals surface area (Å²) in [5.74, 6) is 0.826. The van der Waals surface area contributed by atoms with Crippen molar-refractivity contribution < 1.29 is 5.11 Å². The molecule has 0 heterocycles. The van der Waals surface area contributed by atoms with E-state index in [4.69, 9.17) is 11.6 Å². The Morgan fingerprint density at radius 1 is 1.47 bits per heavy atom. The average molecular weight is 254 g/mol. The van der Waals surface area contributed by atoms with Gasteiger partial charge in [-0.25, -0.2) is 0 Å². The number of aliphatic hydroxyl groups excluding tert-OH is 1. The van der Waals surface area contributed by atoms with Crippen LogP contribution in [0.15, 0.2) is 18.2 Å². The third-order valence-corrected chi connectivity index (χ3v) is 3.92. The lowest BCUT2D eigenvalue weighted by Crippen LogP contribution is -2.29. The molecule has 17 heavy (non-hydrogen) atoms. The molecular formula is C14H20ClNO. The molecule has 1 saturated carbocycles. The Balaban J connectivity index is 2.08. The molecule has 1 aromatic rings. The Bertz CT molecular complexity index is 388. The average Bonchev–Trinajstić information content (AvgIpc) is 2.22. The van der Waals surface area contributed by atoms with E-state index in [0.717, 1.165) is 28.7 Å². The molecule has 0 radical (unpaired) electrons. The van der Waals surface area contributed by atoms with Gasteiger partial charge in [-0.3, -0.25) is 0 Å². The number of hydrogen-bond donors (Lipinski definition) is 1. The molecule has 1 fully saturated rings. The molecule has 1 N–H and O–H groups in total. The van der Waals surface area contributed by atoms with Gasteiger partial charge in [0.25, 0.3) is 0 Å². The maximum absolute atomic E-state index is 9.50. The molecule has 0 unspecified atom stereocenters. The van der Waals surface area contributed by atoms with Gasteiger partial charge in [-0.1, -0.05) is 24.1 Å². The first kappa shape index (κ1) is 12.7. The van der Waals surface area contributed by atoms with E-state index in [1.807, 2.05) is 18.2 Å². The van der Waals surface area contributed by atoms with E-state index in [2.05, 4.69) is 11.9 Å². The smallest absolute Gasteiger partial charge is 0.0762 e. The van der Waals surface area contributed by atoms with E-state index in [9.17, 15) is 5.11 Å². The van der Waals surface area contributed by atoms with Crippen molar-refractivity contribution in [3.8, 4) is 0 Å². The van der Waals surface area contributed by atoms with Crippen LogP contribution in [0.2, 0.25) is 5.02 Å². The fourth-order valence-corrected chi connectivity index (χ4v) is 2.59. The van der Waals surface area contributed by atoms with E-state index in [1.54, 1.807) is 6.92 Å². The zero-order valence-corrected chi connectivity index (χ0v) is 11.2. The van der Waals surface area contributed by atoms with Crippen molar-refractivity contribution in [1.29, 1.82) is 0 Å². The van der Waals surface area contributed by atoms with Gasteiger partial charge in [-0.2, -0.15) is 0 Å². The topological polar surface area (TPSA) is 23.5 Å². The summed E-state index contributed by atoms with van der Waals surface area (Å²) in [7, 11) is 2.08. The summed E-state index contributed by atoms with van der Waals surface area (Å²) in [4.78, 5) is 2.22.